The van der Waals surface area contributed by atoms with Gasteiger partial charge in [0.05, 0.1) is 23.4 Å². The van der Waals surface area contributed by atoms with E-state index >= 15 is 0 Å². The Morgan fingerprint density at radius 3 is 2.66 bits per heavy atom. The minimum absolute atomic E-state index is 0.187. The van der Waals surface area contributed by atoms with E-state index in [-0.39, 0.29) is 6.10 Å². The van der Waals surface area contributed by atoms with E-state index in [9.17, 15) is 9.90 Å². The van der Waals surface area contributed by atoms with E-state index < -0.39 is 11.4 Å². The van der Waals surface area contributed by atoms with E-state index in [2.05, 4.69) is 47.0 Å². The van der Waals surface area contributed by atoms with Crippen LogP contribution in [0, 0.1) is 19.3 Å². The minimum atomic E-state index is -0.762. The maximum Gasteiger partial charge on any atom is 0.309 e. The summed E-state index contributed by atoms with van der Waals surface area (Å²) >= 11 is 0. The second-order valence-electron chi connectivity index (χ2n) is 9.15. The average molecular weight is 437 g/mol. The van der Waals surface area contributed by atoms with Crippen LogP contribution in [-0.2, 0) is 22.7 Å². The number of hydrogen-bond donors (Lipinski definition) is 1. The first kappa shape index (κ1) is 22.3. The van der Waals surface area contributed by atoms with Crippen molar-refractivity contribution in [3.63, 3.8) is 0 Å². The number of carboxylic acid groups (broad SMARTS) is 1. The third-order valence-corrected chi connectivity index (χ3v) is 6.76. The molecule has 3 heterocycles. The molecule has 7 nitrogen and oxygen atoms in total. The molecule has 32 heavy (non-hydrogen) atoms. The third-order valence-electron chi connectivity index (χ3n) is 6.76. The highest BCUT2D eigenvalue weighted by Gasteiger charge is 2.45. The molecule has 0 saturated carbocycles. The molecule has 2 aliphatic rings. The summed E-state index contributed by atoms with van der Waals surface area (Å²) in [7, 11) is 0. The van der Waals surface area contributed by atoms with Crippen LogP contribution in [0.2, 0.25) is 0 Å². The summed E-state index contributed by atoms with van der Waals surface area (Å²) in [5.74, 6) is -0.723. The van der Waals surface area contributed by atoms with Crippen LogP contribution >= 0.6 is 0 Å². The molecule has 0 spiro atoms. The van der Waals surface area contributed by atoms with Crippen molar-refractivity contribution in [2.75, 3.05) is 13.1 Å². The molecule has 0 aliphatic carbocycles. The van der Waals surface area contributed by atoms with Gasteiger partial charge in [-0.25, -0.2) is 0 Å². The highest BCUT2D eigenvalue weighted by molar-refractivity contribution is 6.01. The molecule has 170 valence electrons. The Bertz CT molecular complexity index is 1000. The van der Waals surface area contributed by atoms with Crippen LogP contribution in [0.25, 0.3) is 0 Å². The number of oxime groups is 1. The Balaban J connectivity index is 1.35. The number of aromatic nitrogens is 2. The fraction of sp³-hybridized carbons (Fsp3) is 0.480. The zero-order valence-corrected chi connectivity index (χ0v) is 19.0. The lowest BCUT2D eigenvalue weighted by atomic mass is 9.73. The van der Waals surface area contributed by atoms with Crippen molar-refractivity contribution in [1.29, 1.82) is 0 Å². The highest BCUT2D eigenvalue weighted by atomic mass is 16.6. The van der Waals surface area contributed by atoms with Crippen molar-refractivity contribution in [1.82, 2.24) is 14.7 Å². The summed E-state index contributed by atoms with van der Waals surface area (Å²) in [4.78, 5) is 20.3. The van der Waals surface area contributed by atoms with Gasteiger partial charge in [-0.1, -0.05) is 41.1 Å². The Morgan fingerprint density at radius 1 is 1.28 bits per heavy atom. The van der Waals surface area contributed by atoms with Crippen molar-refractivity contribution in [2.24, 2.45) is 10.6 Å². The topological polar surface area (TPSA) is 80.0 Å². The molecule has 0 radical (unpaired) electrons. The molecule has 2 aromatic rings. The summed E-state index contributed by atoms with van der Waals surface area (Å²) in [6, 6.07) is 8.21. The number of nitrogens with zero attached hydrogens (tertiary/aromatic N) is 4. The molecular formula is C25H32N4O3. The first-order valence-corrected chi connectivity index (χ1v) is 11.3. The molecular weight excluding hydrogens is 404 g/mol. The number of piperidine rings is 1. The number of aliphatic carboxylic acids is 1. The summed E-state index contributed by atoms with van der Waals surface area (Å²) in [5, 5.41) is 18.9. The molecule has 1 atom stereocenters. The molecule has 0 amide bonds. The second-order valence-corrected chi connectivity index (χ2v) is 9.15. The quantitative estimate of drug-likeness (QED) is 0.634. The highest BCUT2D eigenvalue weighted by Crippen LogP contribution is 2.39. The lowest BCUT2D eigenvalue weighted by Gasteiger charge is -2.39. The van der Waals surface area contributed by atoms with Gasteiger partial charge in [0.15, 0.2) is 0 Å². The summed E-state index contributed by atoms with van der Waals surface area (Å²) in [6.07, 6.45) is 6.08. The van der Waals surface area contributed by atoms with Crippen LogP contribution in [0.5, 0.6) is 0 Å². The van der Waals surface area contributed by atoms with E-state index in [1.165, 1.54) is 11.1 Å². The first-order valence-electron chi connectivity index (χ1n) is 11.3. The van der Waals surface area contributed by atoms with Gasteiger partial charge in [-0.3, -0.25) is 14.4 Å². The smallest absolute Gasteiger partial charge is 0.309 e. The maximum absolute atomic E-state index is 12.3. The first-order chi connectivity index (χ1) is 15.4. The Kier molecular flexibility index (Phi) is 6.46. The summed E-state index contributed by atoms with van der Waals surface area (Å²) in [6.45, 7) is 10.8. The van der Waals surface area contributed by atoms with Gasteiger partial charge in [-0.15, -0.1) is 6.58 Å². The summed E-state index contributed by atoms with van der Waals surface area (Å²) < 4.78 is 1.90. The van der Waals surface area contributed by atoms with Crippen LogP contribution in [0.1, 0.15) is 48.1 Å². The number of rotatable bonds is 8. The molecule has 1 N–H and O–H groups in total. The fourth-order valence-corrected chi connectivity index (χ4v) is 4.72. The SMILES string of the molecule is C=CCn1cc(CN2CCC(CC3CC(c4ccc(C)cc4)=NO3)(C(=O)O)CC2)c(C)n1. The second kappa shape index (κ2) is 9.28. The van der Waals surface area contributed by atoms with Crippen LogP contribution in [0.4, 0.5) is 0 Å². The summed E-state index contributed by atoms with van der Waals surface area (Å²) in [5.41, 5.74) is 4.59. The molecule has 1 unspecified atom stereocenters. The third kappa shape index (κ3) is 4.78. The maximum atomic E-state index is 12.3. The van der Waals surface area contributed by atoms with Crippen molar-refractivity contribution >= 4 is 11.7 Å². The zero-order valence-electron chi connectivity index (χ0n) is 19.0. The number of allylic oxidation sites excluding steroid dienone is 1. The molecule has 7 heteroatoms. The Morgan fingerprint density at radius 2 is 2.00 bits per heavy atom. The van der Waals surface area contributed by atoms with Gasteiger partial charge < -0.3 is 9.94 Å². The molecule has 4 rings (SSSR count). The molecule has 1 aromatic carbocycles. The Hall–Kier alpha value is -2.93. The zero-order chi connectivity index (χ0) is 22.7. The van der Waals surface area contributed by atoms with Gasteiger partial charge in [-0.2, -0.15) is 5.10 Å². The predicted octanol–water partition coefficient (Wildman–Crippen LogP) is 3.94. The van der Waals surface area contributed by atoms with Gasteiger partial charge in [0.2, 0.25) is 0 Å². The monoisotopic (exact) mass is 436 g/mol. The number of aryl methyl sites for hydroxylation is 2. The molecule has 1 fully saturated rings. The van der Waals surface area contributed by atoms with Crippen molar-refractivity contribution in [2.45, 2.75) is 58.7 Å². The van der Waals surface area contributed by atoms with E-state index in [1.807, 2.05) is 29.8 Å². The van der Waals surface area contributed by atoms with Crippen LogP contribution in [-0.4, -0.2) is 50.7 Å². The van der Waals surface area contributed by atoms with Crippen molar-refractivity contribution in [3.8, 4) is 0 Å². The number of hydrogen-bond acceptors (Lipinski definition) is 5. The lowest BCUT2D eigenvalue weighted by molar-refractivity contribution is -0.155. The van der Waals surface area contributed by atoms with Gasteiger partial charge in [0.1, 0.15) is 6.10 Å². The normalized spacial score (nSPS) is 20.6. The molecule has 1 saturated heterocycles. The van der Waals surface area contributed by atoms with Crippen LogP contribution in [0.3, 0.4) is 0 Å². The van der Waals surface area contributed by atoms with Gasteiger partial charge in [0.25, 0.3) is 0 Å². The number of likely N-dealkylation sites (tertiary alicyclic amines) is 1. The van der Waals surface area contributed by atoms with Gasteiger partial charge in [-0.05, 0) is 45.3 Å². The van der Waals surface area contributed by atoms with E-state index in [0.29, 0.717) is 32.2 Å². The van der Waals surface area contributed by atoms with Gasteiger partial charge >= 0.3 is 5.97 Å². The number of benzene rings is 1. The van der Waals surface area contributed by atoms with Crippen LogP contribution in [0.15, 0.2) is 48.3 Å². The number of carboxylic acids is 1. The molecule has 1 aromatic heterocycles. The van der Waals surface area contributed by atoms with Crippen molar-refractivity contribution < 1.29 is 14.7 Å². The average Bonchev–Trinajstić information content (AvgIpc) is 3.37. The van der Waals surface area contributed by atoms with Crippen molar-refractivity contribution in [3.05, 3.63) is 65.5 Å². The largest absolute Gasteiger partial charge is 0.481 e. The van der Waals surface area contributed by atoms with Gasteiger partial charge in [0, 0.05) is 31.1 Å². The molecule has 0 bridgehead atoms. The predicted molar refractivity (Wildman–Crippen MR) is 124 cm³/mol. The fourth-order valence-electron chi connectivity index (χ4n) is 4.72. The van der Waals surface area contributed by atoms with E-state index in [1.54, 1.807) is 0 Å². The minimum Gasteiger partial charge on any atom is -0.481 e. The van der Waals surface area contributed by atoms with E-state index in [0.717, 1.165) is 36.6 Å². The Labute approximate surface area is 189 Å². The van der Waals surface area contributed by atoms with E-state index in [4.69, 9.17) is 4.84 Å². The standard InChI is InChI=1S/C25H32N4O3/c1-4-11-29-17-21(19(3)26-29)16-28-12-9-25(10-13-28,24(30)31)15-22-14-23(27-32-22)20-7-5-18(2)6-8-20/h4-8,17,22H,1,9-16H2,2-3H3,(H,30,31). The lowest BCUT2D eigenvalue weighted by Crippen LogP contribution is -2.45. The number of carbonyl (C=O) groups is 1. The molecule has 2 aliphatic heterocycles. The van der Waals surface area contributed by atoms with Crippen LogP contribution < -0.4 is 0 Å².